The zero-order valence-electron chi connectivity index (χ0n) is 12.8. The van der Waals surface area contributed by atoms with E-state index in [0.717, 1.165) is 10.9 Å². The number of ether oxygens (including phenoxy) is 1. The number of H-pyrrole nitrogens is 1. The van der Waals surface area contributed by atoms with Crippen molar-refractivity contribution in [3.8, 4) is 5.75 Å². The lowest BCUT2D eigenvalue weighted by molar-refractivity contribution is -0.141. The Bertz CT molecular complexity index is 695. The number of rotatable bonds is 8. The monoisotopic (exact) mass is 320 g/mol. The van der Waals surface area contributed by atoms with Crippen LogP contribution in [0.1, 0.15) is 18.9 Å². The number of phenols is 1. The minimum absolute atomic E-state index is 0.103. The maximum atomic E-state index is 11.8. The number of fused-ring (bicyclic) bond motifs is 1. The fourth-order valence-corrected chi connectivity index (χ4v) is 2.33. The molecular formula is C16H20N2O5. The summed E-state index contributed by atoms with van der Waals surface area (Å²) in [6.07, 6.45) is 1.93. The molecule has 1 aromatic heterocycles. The number of aliphatic carboxylic acids is 1. The number of aromatic hydroxyl groups is 1. The van der Waals surface area contributed by atoms with E-state index in [1.165, 1.54) is 0 Å². The van der Waals surface area contributed by atoms with Crippen molar-refractivity contribution in [2.45, 2.75) is 25.8 Å². The van der Waals surface area contributed by atoms with E-state index in [1.54, 1.807) is 24.4 Å². The van der Waals surface area contributed by atoms with Gasteiger partial charge in [0.15, 0.2) is 0 Å². The first-order valence-corrected chi connectivity index (χ1v) is 7.40. The molecule has 0 spiro atoms. The van der Waals surface area contributed by atoms with Crippen molar-refractivity contribution in [2.75, 3.05) is 13.2 Å². The van der Waals surface area contributed by atoms with Crippen LogP contribution in [0.4, 0.5) is 0 Å². The molecule has 2 aromatic rings. The largest absolute Gasteiger partial charge is 0.508 e. The zero-order chi connectivity index (χ0) is 16.8. The van der Waals surface area contributed by atoms with Gasteiger partial charge in [-0.05, 0) is 30.7 Å². The second kappa shape index (κ2) is 7.64. The van der Waals surface area contributed by atoms with E-state index in [4.69, 9.17) is 4.74 Å². The Morgan fingerprint density at radius 2 is 2.17 bits per heavy atom. The van der Waals surface area contributed by atoms with E-state index in [1.807, 2.05) is 6.92 Å². The number of hydrogen-bond donors (Lipinski definition) is 4. The Kier molecular flexibility index (Phi) is 5.59. The molecule has 0 fully saturated rings. The first-order valence-electron chi connectivity index (χ1n) is 7.40. The number of amides is 1. The number of carbonyl (C=O) groups excluding carboxylic acids is 1. The van der Waals surface area contributed by atoms with Gasteiger partial charge in [-0.15, -0.1) is 0 Å². The Morgan fingerprint density at radius 1 is 1.39 bits per heavy atom. The SMILES string of the molecule is CCOCCC(=O)NC(Cc1c[nH]c2ccc(O)cc12)C(=O)O. The first kappa shape index (κ1) is 16.8. The summed E-state index contributed by atoms with van der Waals surface area (Å²) in [6.45, 7) is 2.59. The van der Waals surface area contributed by atoms with Gasteiger partial charge >= 0.3 is 5.97 Å². The zero-order valence-corrected chi connectivity index (χ0v) is 12.8. The number of aromatic amines is 1. The number of carbonyl (C=O) groups is 2. The topological polar surface area (TPSA) is 112 Å². The lowest BCUT2D eigenvalue weighted by Gasteiger charge is -2.14. The van der Waals surface area contributed by atoms with Crippen LogP contribution in [0.25, 0.3) is 10.9 Å². The highest BCUT2D eigenvalue weighted by Crippen LogP contribution is 2.23. The number of benzene rings is 1. The van der Waals surface area contributed by atoms with Crippen LogP contribution in [0, 0.1) is 0 Å². The summed E-state index contributed by atoms with van der Waals surface area (Å²) in [4.78, 5) is 26.2. The van der Waals surface area contributed by atoms with E-state index in [2.05, 4.69) is 10.3 Å². The van der Waals surface area contributed by atoms with Crippen molar-refractivity contribution >= 4 is 22.8 Å². The van der Waals surface area contributed by atoms with Crippen LogP contribution in [0.2, 0.25) is 0 Å². The molecule has 0 saturated carbocycles. The van der Waals surface area contributed by atoms with Crippen LogP contribution in [0.5, 0.6) is 5.75 Å². The highest BCUT2D eigenvalue weighted by molar-refractivity contribution is 5.87. The molecule has 0 aliphatic rings. The number of hydrogen-bond acceptors (Lipinski definition) is 4. The summed E-state index contributed by atoms with van der Waals surface area (Å²) in [5, 5.41) is 22.1. The molecule has 124 valence electrons. The Morgan fingerprint density at radius 3 is 2.87 bits per heavy atom. The molecule has 0 saturated heterocycles. The van der Waals surface area contributed by atoms with Gasteiger partial charge in [-0.2, -0.15) is 0 Å². The summed E-state index contributed by atoms with van der Waals surface area (Å²) < 4.78 is 5.08. The number of carboxylic acid groups (broad SMARTS) is 1. The van der Waals surface area contributed by atoms with Crippen LogP contribution in [-0.2, 0) is 20.7 Å². The fraction of sp³-hybridized carbons (Fsp3) is 0.375. The molecule has 0 radical (unpaired) electrons. The number of aromatic nitrogens is 1. The summed E-state index contributed by atoms with van der Waals surface area (Å²) >= 11 is 0. The summed E-state index contributed by atoms with van der Waals surface area (Å²) in [5.41, 5.74) is 1.51. The molecule has 0 aliphatic carbocycles. The van der Waals surface area contributed by atoms with Gasteiger partial charge in [-0.3, -0.25) is 4.79 Å². The maximum Gasteiger partial charge on any atom is 0.326 e. The average molecular weight is 320 g/mol. The minimum atomic E-state index is -1.11. The van der Waals surface area contributed by atoms with Gasteiger partial charge < -0.3 is 25.3 Å². The minimum Gasteiger partial charge on any atom is -0.508 e. The smallest absolute Gasteiger partial charge is 0.326 e. The van der Waals surface area contributed by atoms with E-state index in [-0.39, 0.29) is 31.1 Å². The first-order chi connectivity index (χ1) is 11.0. The van der Waals surface area contributed by atoms with Gasteiger partial charge in [0.1, 0.15) is 11.8 Å². The molecule has 7 heteroatoms. The van der Waals surface area contributed by atoms with Crippen LogP contribution < -0.4 is 5.32 Å². The van der Waals surface area contributed by atoms with Crippen molar-refractivity contribution in [3.05, 3.63) is 30.0 Å². The highest BCUT2D eigenvalue weighted by Gasteiger charge is 2.21. The molecule has 1 heterocycles. The molecule has 0 bridgehead atoms. The van der Waals surface area contributed by atoms with E-state index in [0.29, 0.717) is 12.2 Å². The number of nitrogens with one attached hydrogen (secondary N) is 2. The van der Waals surface area contributed by atoms with E-state index < -0.39 is 12.0 Å². The van der Waals surface area contributed by atoms with Crippen molar-refractivity contribution < 1.29 is 24.5 Å². The predicted octanol–water partition coefficient (Wildman–Crippen LogP) is 1.41. The average Bonchev–Trinajstić information content (AvgIpc) is 2.89. The van der Waals surface area contributed by atoms with Gasteiger partial charge in [-0.1, -0.05) is 0 Å². The van der Waals surface area contributed by atoms with E-state index >= 15 is 0 Å². The molecule has 4 N–H and O–H groups in total. The molecule has 23 heavy (non-hydrogen) atoms. The Balaban J connectivity index is 2.07. The second-order valence-electron chi connectivity index (χ2n) is 5.15. The maximum absolute atomic E-state index is 11.8. The fourth-order valence-electron chi connectivity index (χ4n) is 2.33. The van der Waals surface area contributed by atoms with Crippen LogP contribution >= 0.6 is 0 Å². The Labute approximate surface area is 133 Å². The lowest BCUT2D eigenvalue weighted by Crippen LogP contribution is -2.42. The van der Waals surface area contributed by atoms with Gasteiger partial charge in [-0.25, -0.2) is 4.79 Å². The molecule has 1 amide bonds. The van der Waals surface area contributed by atoms with Gasteiger partial charge in [0.2, 0.25) is 5.91 Å². The molecule has 1 unspecified atom stereocenters. The van der Waals surface area contributed by atoms with Crippen LogP contribution in [0.3, 0.4) is 0 Å². The Hall–Kier alpha value is -2.54. The van der Waals surface area contributed by atoms with Crippen molar-refractivity contribution in [1.82, 2.24) is 10.3 Å². The predicted molar refractivity (Wildman–Crippen MR) is 84.3 cm³/mol. The van der Waals surface area contributed by atoms with Gasteiger partial charge in [0.05, 0.1) is 6.61 Å². The van der Waals surface area contributed by atoms with E-state index in [9.17, 15) is 19.8 Å². The normalized spacial score (nSPS) is 12.2. The van der Waals surface area contributed by atoms with Crippen LogP contribution in [0.15, 0.2) is 24.4 Å². The quantitative estimate of drug-likeness (QED) is 0.550. The van der Waals surface area contributed by atoms with Gasteiger partial charge in [0, 0.05) is 36.5 Å². The summed E-state index contributed by atoms with van der Waals surface area (Å²) in [6, 6.07) is 3.79. The molecular weight excluding hydrogens is 300 g/mol. The summed E-state index contributed by atoms with van der Waals surface area (Å²) in [5.74, 6) is -1.37. The second-order valence-corrected chi connectivity index (χ2v) is 5.15. The third-order valence-electron chi connectivity index (χ3n) is 3.49. The molecule has 2 rings (SSSR count). The summed E-state index contributed by atoms with van der Waals surface area (Å²) in [7, 11) is 0. The highest BCUT2D eigenvalue weighted by atomic mass is 16.5. The third kappa shape index (κ3) is 4.46. The van der Waals surface area contributed by atoms with Crippen molar-refractivity contribution in [3.63, 3.8) is 0 Å². The third-order valence-corrected chi connectivity index (χ3v) is 3.49. The number of carboxylic acids is 1. The van der Waals surface area contributed by atoms with Crippen molar-refractivity contribution in [2.24, 2.45) is 0 Å². The molecule has 1 atom stereocenters. The van der Waals surface area contributed by atoms with Crippen molar-refractivity contribution in [1.29, 1.82) is 0 Å². The van der Waals surface area contributed by atoms with Crippen LogP contribution in [-0.4, -0.2) is 46.3 Å². The molecule has 7 nitrogen and oxygen atoms in total. The lowest BCUT2D eigenvalue weighted by atomic mass is 10.0. The number of phenolic OH excluding ortho intramolecular Hbond substituents is 1. The molecule has 1 aromatic carbocycles. The van der Waals surface area contributed by atoms with Gasteiger partial charge in [0.25, 0.3) is 0 Å². The standard InChI is InChI=1S/C16H20N2O5/c1-2-23-6-5-15(20)18-14(16(21)22)7-10-9-17-13-4-3-11(19)8-12(10)13/h3-4,8-9,14,17,19H,2,5-7H2,1H3,(H,18,20)(H,21,22). The molecule has 0 aliphatic heterocycles.